The van der Waals surface area contributed by atoms with Crippen molar-refractivity contribution in [3.8, 4) is 0 Å². The Morgan fingerprint density at radius 3 is 2.56 bits per heavy atom. The Hall–Kier alpha value is -2.28. The van der Waals surface area contributed by atoms with Crippen LogP contribution in [0.15, 0.2) is 61.2 Å². The van der Waals surface area contributed by atoms with E-state index in [0.717, 1.165) is 41.3 Å². The predicted octanol–water partition coefficient (Wildman–Crippen LogP) is 5.44. The van der Waals surface area contributed by atoms with Gasteiger partial charge in [-0.2, -0.15) is 0 Å². The predicted molar refractivity (Wildman–Crippen MR) is 121 cm³/mol. The van der Waals surface area contributed by atoms with Gasteiger partial charge in [-0.25, -0.2) is 27.0 Å². The number of thioether (sulfide) groups is 1. The van der Waals surface area contributed by atoms with E-state index < -0.39 is 27.4 Å². The summed E-state index contributed by atoms with van der Waals surface area (Å²) in [7, 11) is -4.09. The van der Waals surface area contributed by atoms with Gasteiger partial charge in [-0.3, -0.25) is 0 Å². The first-order chi connectivity index (χ1) is 15.1. The standard InChI is InChI=1S/C20H13BrF2N2O4S3/c1-30-20-17(7-16(31-20)19(26)27)32(28,29)10-5-12(21)18-15(6-10)25(9-24-18)8-11-13(22)3-2-4-14(11)23/h2-7,9H,8H2,1H3,(H,26,27). The fourth-order valence-corrected chi connectivity index (χ4v) is 7.73. The summed E-state index contributed by atoms with van der Waals surface area (Å²) in [5.74, 6) is -2.66. The highest BCUT2D eigenvalue weighted by molar-refractivity contribution is 9.10. The highest BCUT2D eigenvalue weighted by atomic mass is 79.9. The molecule has 0 saturated carbocycles. The van der Waals surface area contributed by atoms with Crippen LogP contribution in [0.1, 0.15) is 15.2 Å². The van der Waals surface area contributed by atoms with Crippen LogP contribution in [0.5, 0.6) is 0 Å². The maximum atomic E-state index is 14.1. The molecule has 166 valence electrons. The number of rotatable bonds is 6. The van der Waals surface area contributed by atoms with Crippen molar-refractivity contribution in [2.75, 3.05) is 6.26 Å². The van der Waals surface area contributed by atoms with Crippen molar-refractivity contribution in [3.63, 3.8) is 0 Å². The number of nitrogens with zero attached hydrogens (tertiary/aromatic N) is 2. The molecule has 0 bridgehead atoms. The van der Waals surface area contributed by atoms with E-state index in [2.05, 4.69) is 20.9 Å². The zero-order valence-corrected chi connectivity index (χ0v) is 20.2. The number of imidazole rings is 1. The molecule has 32 heavy (non-hydrogen) atoms. The third kappa shape index (κ3) is 3.96. The zero-order valence-electron chi connectivity index (χ0n) is 16.2. The van der Waals surface area contributed by atoms with E-state index in [-0.39, 0.29) is 26.8 Å². The van der Waals surface area contributed by atoms with E-state index in [9.17, 15) is 27.1 Å². The minimum atomic E-state index is -4.09. The quantitative estimate of drug-likeness (QED) is 0.317. The highest BCUT2D eigenvalue weighted by Gasteiger charge is 2.27. The van der Waals surface area contributed by atoms with E-state index >= 15 is 0 Å². The van der Waals surface area contributed by atoms with Crippen molar-refractivity contribution >= 4 is 65.9 Å². The Morgan fingerprint density at radius 1 is 1.25 bits per heavy atom. The lowest BCUT2D eigenvalue weighted by atomic mass is 10.2. The third-order valence-electron chi connectivity index (χ3n) is 4.70. The SMILES string of the molecule is CSc1sc(C(=O)O)cc1S(=O)(=O)c1cc(Br)c2ncn(Cc3c(F)cccc3F)c2c1. The topological polar surface area (TPSA) is 89.3 Å². The molecule has 0 amide bonds. The molecule has 0 aliphatic rings. The van der Waals surface area contributed by atoms with E-state index in [1.165, 1.54) is 29.1 Å². The first-order valence-corrected chi connectivity index (χ1v) is 13.2. The molecule has 2 heterocycles. The Balaban J connectivity index is 1.86. The zero-order chi connectivity index (χ0) is 23.2. The number of halogens is 3. The fourth-order valence-electron chi connectivity index (χ4n) is 3.15. The van der Waals surface area contributed by atoms with E-state index in [0.29, 0.717) is 19.7 Å². The molecule has 6 nitrogen and oxygen atoms in total. The molecule has 0 atom stereocenters. The van der Waals surface area contributed by atoms with Crippen LogP contribution in [-0.4, -0.2) is 35.3 Å². The first kappa shape index (κ1) is 22.9. The molecule has 2 aromatic carbocycles. The highest BCUT2D eigenvalue weighted by Crippen LogP contribution is 2.38. The number of fused-ring (bicyclic) bond motifs is 1. The Morgan fingerprint density at radius 2 is 1.94 bits per heavy atom. The normalized spacial score (nSPS) is 11.9. The lowest BCUT2D eigenvalue weighted by molar-refractivity contribution is 0.0702. The molecule has 0 fully saturated rings. The number of hydrogen-bond donors (Lipinski definition) is 1. The van der Waals surface area contributed by atoms with Crippen molar-refractivity contribution in [2.24, 2.45) is 0 Å². The Kier molecular flexibility index (Phi) is 6.14. The van der Waals surface area contributed by atoms with Crippen molar-refractivity contribution in [1.82, 2.24) is 9.55 Å². The second-order valence-electron chi connectivity index (χ2n) is 6.62. The number of carbonyl (C=O) groups is 1. The van der Waals surface area contributed by atoms with Gasteiger partial charge in [-0.15, -0.1) is 23.1 Å². The summed E-state index contributed by atoms with van der Waals surface area (Å²) in [6.45, 7) is -0.192. The molecule has 0 aliphatic heterocycles. The van der Waals surface area contributed by atoms with Gasteiger partial charge in [0, 0.05) is 10.0 Å². The van der Waals surface area contributed by atoms with Gasteiger partial charge in [0.2, 0.25) is 9.84 Å². The minimum absolute atomic E-state index is 0.0897. The van der Waals surface area contributed by atoms with E-state index in [4.69, 9.17) is 0 Å². The molecule has 4 rings (SSSR count). The average Bonchev–Trinajstić information content (AvgIpc) is 3.36. The summed E-state index contributed by atoms with van der Waals surface area (Å²) in [5.41, 5.74) is 0.590. The summed E-state index contributed by atoms with van der Waals surface area (Å²) in [6.07, 6.45) is 3.03. The number of thiophene rings is 1. The monoisotopic (exact) mass is 558 g/mol. The van der Waals surface area contributed by atoms with Crippen LogP contribution in [0.25, 0.3) is 11.0 Å². The maximum Gasteiger partial charge on any atom is 0.345 e. The third-order valence-corrected chi connectivity index (χ3v) is 9.58. The molecular formula is C20H13BrF2N2O4S3. The molecule has 0 radical (unpaired) electrons. The Bertz CT molecular complexity index is 1460. The van der Waals surface area contributed by atoms with Crippen LogP contribution < -0.4 is 0 Å². The van der Waals surface area contributed by atoms with Gasteiger partial charge in [0.05, 0.1) is 32.4 Å². The molecule has 2 aromatic heterocycles. The van der Waals surface area contributed by atoms with Gasteiger partial charge >= 0.3 is 5.97 Å². The number of sulfone groups is 1. The van der Waals surface area contributed by atoms with Gasteiger partial charge < -0.3 is 9.67 Å². The van der Waals surface area contributed by atoms with Gasteiger partial charge in [0.25, 0.3) is 0 Å². The number of carboxylic acid groups (broad SMARTS) is 1. The van der Waals surface area contributed by atoms with Crippen molar-refractivity contribution in [2.45, 2.75) is 20.5 Å². The van der Waals surface area contributed by atoms with Gasteiger partial charge in [-0.1, -0.05) is 6.07 Å². The summed E-state index contributed by atoms with van der Waals surface area (Å²) in [5, 5.41) is 9.26. The smallest absolute Gasteiger partial charge is 0.345 e. The number of aromatic carboxylic acids is 1. The van der Waals surface area contributed by atoms with Crippen LogP contribution in [0.4, 0.5) is 8.78 Å². The van der Waals surface area contributed by atoms with Crippen molar-refractivity contribution in [3.05, 3.63) is 69.3 Å². The lowest BCUT2D eigenvalue weighted by Gasteiger charge is -2.10. The lowest BCUT2D eigenvalue weighted by Crippen LogP contribution is -2.05. The van der Waals surface area contributed by atoms with Crippen molar-refractivity contribution in [1.29, 1.82) is 0 Å². The largest absolute Gasteiger partial charge is 0.477 e. The number of hydrogen-bond acceptors (Lipinski definition) is 6. The molecule has 4 aromatic rings. The second kappa shape index (κ2) is 8.58. The van der Waals surface area contributed by atoms with Crippen LogP contribution in [-0.2, 0) is 16.4 Å². The van der Waals surface area contributed by atoms with Crippen LogP contribution >= 0.6 is 39.0 Å². The van der Waals surface area contributed by atoms with Crippen LogP contribution in [0, 0.1) is 11.6 Å². The van der Waals surface area contributed by atoms with E-state index in [1.807, 2.05) is 0 Å². The Labute approximate surface area is 198 Å². The van der Waals surface area contributed by atoms with E-state index in [1.54, 1.807) is 6.26 Å². The van der Waals surface area contributed by atoms with Gasteiger partial charge in [-0.05, 0) is 52.5 Å². The summed E-state index contributed by atoms with van der Waals surface area (Å²) >= 11 is 5.33. The van der Waals surface area contributed by atoms with Crippen LogP contribution in [0.2, 0.25) is 0 Å². The fraction of sp³-hybridized carbons (Fsp3) is 0.100. The molecule has 0 saturated heterocycles. The van der Waals surface area contributed by atoms with Gasteiger partial charge in [0.15, 0.2) is 0 Å². The number of carboxylic acids is 1. The summed E-state index contributed by atoms with van der Waals surface area (Å²) in [6, 6.07) is 7.42. The average molecular weight is 559 g/mol. The maximum absolute atomic E-state index is 14.1. The molecule has 1 N–H and O–H groups in total. The van der Waals surface area contributed by atoms with Crippen LogP contribution in [0.3, 0.4) is 0 Å². The molecule has 12 heteroatoms. The van der Waals surface area contributed by atoms with Crippen molar-refractivity contribution < 1.29 is 27.1 Å². The first-order valence-electron chi connectivity index (χ1n) is 8.87. The molecule has 0 aliphatic carbocycles. The summed E-state index contributed by atoms with van der Waals surface area (Å²) in [4.78, 5) is 15.3. The molecule has 0 unspecified atom stereocenters. The molecule has 0 spiro atoms. The molecular weight excluding hydrogens is 546 g/mol. The number of benzene rings is 2. The number of aromatic nitrogens is 2. The second-order valence-corrected chi connectivity index (χ2v) is 11.5. The van der Waals surface area contributed by atoms with Gasteiger partial charge in [0.1, 0.15) is 22.0 Å². The summed E-state index contributed by atoms with van der Waals surface area (Å²) < 4.78 is 57.2. The minimum Gasteiger partial charge on any atom is -0.477 e.